The molecular formula is C10H7ClFN. The molecule has 0 atom stereocenters. The Morgan fingerprint density at radius 1 is 1.15 bits per heavy atom. The lowest BCUT2D eigenvalue weighted by Gasteiger charge is -2.03. The first-order valence-electron chi connectivity index (χ1n) is 3.82. The minimum atomic E-state index is -0.447. The molecule has 0 radical (unpaired) electrons. The van der Waals surface area contributed by atoms with Crippen molar-refractivity contribution in [2.24, 2.45) is 0 Å². The van der Waals surface area contributed by atoms with Crippen molar-refractivity contribution in [2.45, 2.75) is 0 Å². The first kappa shape index (κ1) is 8.32. The number of benzene rings is 2. The van der Waals surface area contributed by atoms with Crippen molar-refractivity contribution in [3.05, 3.63) is 41.2 Å². The zero-order valence-electron chi connectivity index (χ0n) is 6.72. The van der Waals surface area contributed by atoms with E-state index in [1.807, 2.05) is 0 Å². The fraction of sp³-hybridized carbons (Fsp3) is 0. The summed E-state index contributed by atoms with van der Waals surface area (Å²) in [6.07, 6.45) is 0. The molecule has 2 rings (SSSR count). The Hall–Kier alpha value is -1.28. The van der Waals surface area contributed by atoms with Crippen LogP contribution in [0, 0.1) is 5.82 Å². The highest BCUT2D eigenvalue weighted by molar-refractivity contribution is 6.31. The number of fused-ring (bicyclic) bond motifs is 1. The molecule has 66 valence electrons. The van der Waals surface area contributed by atoms with Gasteiger partial charge in [0.1, 0.15) is 0 Å². The molecule has 13 heavy (non-hydrogen) atoms. The molecule has 2 N–H and O–H groups in total. The maximum Gasteiger partial charge on any atom is 0.151 e. The number of hydrogen-bond acceptors (Lipinski definition) is 1. The molecule has 0 amide bonds. The van der Waals surface area contributed by atoms with E-state index in [0.29, 0.717) is 11.1 Å². The van der Waals surface area contributed by atoms with Crippen molar-refractivity contribution >= 4 is 28.1 Å². The van der Waals surface area contributed by atoms with Crippen LogP contribution in [0.2, 0.25) is 5.02 Å². The van der Waals surface area contributed by atoms with E-state index in [4.69, 9.17) is 17.3 Å². The van der Waals surface area contributed by atoms with Crippen LogP contribution in [0.4, 0.5) is 10.1 Å². The lowest BCUT2D eigenvalue weighted by Crippen LogP contribution is -1.89. The monoisotopic (exact) mass is 195 g/mol. The van der Waals surface area contributed by atoms with Crippen LogP contribution < -0.4 is 5.73 Å². The Balaban J connectivity index is 2.97. The minimum absolute atomic E-state index is 0.102. The van der Waals surface area contributed by atoms with E-state index in [1.165, 1.54) is 6.07 Å². The number of rotatable bonds is 0. The normalized spacial score (nSPS) is 10.6. The van der Waals surface area contributed by atoms with Gasteiger partial charge in [-0.05, 0) is 17.5 Å². The molecule has 0 fully saturated rings. The summed E-state index contributed by atoms with van der Waals surface area (Å²) in [5, 5.41) is 1.27. The predicted octanol–water partition coefficient (Wildman–Crippen LogP) is 3.21. The molecule has 0 aliphatic heterocycles. The molecule has 0 aliphatic carbocycles. The third-order valence-corrected chi connectivity index (χ3v) is 2.26. The van der Waals surface area contributed by atoms with E-state index in [0.717, 1.165) is 5.39 Å². The van der Waals surface area contributed by atoms with Gasteiger partial charge in [-0.15, -0.1) is 0 Å². The molecular weight excluding hydrogens is 189 g/mol. The van der Waals surface area contributed by atoms with Crippen LogP contribution in [0.15, 0.2) is 30.3 Å². The third kappa shape index (κ3) is 1.23. The molecule has 0 aliphatic rings. The average molecular weight is 196 g/mol. The van der Waals surface area contributed by atoms with Gasteiger partial charge >= 0.3 is 0 Å². The first-order valence-corrected chi connectivity index (χ1v) is 4.20. The van der Waals surface area contributed by atoms with Crippen LogP contribution >= 0.6 is 11.6 Å². The van der Waals surface area contributed by atoms with Gasteiger partial charge in [-0.25, -0.2) is 4.39 Å². The van der Waals surface area contributed by atoms with E-state index in [9.17, 15) is 4.39 Å². The van der Waals surface area contributed by atoms with Crippen molar-refractivity contribution in [1.82, 2.24) is 0 Å². The Labute approximate surface area is 79.9 Å². The van der Waals surface area contributed by atoms with E-state index < -0.39 is 5.82 Å². The van der Waals surface area contributed by atoms with Gasteiger partial charge in [0.15, 0.2) is 5.82 Å². The van der Waals surface area contributed by atoms with Gasteiger partial charge in [-0.2, -0.15) is 0 Å². The predicted molar refractivity (Wildman–Crippen MR) is 53.3 cm³/mol. The van der Waals surface area contributed by atoms with Crippen LogP contribution in [-0.2, 0) is 0 Å². The van der Waals surface area contributed by atoms with Crippen LogP contribution in [0.1, 0.15) is 0 Å². The van der Waals surface area contributed by atoms with E-state index in [-0.39, 0.29) is 5.02 Å². The minimum Gasteiger partial charge on any atom is -0.398 e. The Morgan fingerprint density at radius 3 is 2.69 bits per heavy atom. The SMILES string of the molecule is Nc1cccc2ccc(Cl)c(F)c12. The van der Waals surface area contributed by atoms with Crippen molar-refractivity contribution < 1.29 is 4.39 Å². The van der Waals surface area contributed by atoms with Crippen LogP contribution in [-0.4, -0.2) is 0 Å². The zero-order valence-corrected chi connectivity index (χ0v) is 7.48. The quantitative estimate of drug-likeness (QED) is 0.642. The molecule has 0 aromatic heterocycles. The first-order chi connectivity index (χ1) is 6.20. The summed E-state index contributed by atoms with van der Waals surface area (Å²) >= 11 is 5.63. The van der Waals surface area contributed by atoms with Crippen LogP contribution in [0.5, 0.6) is 0 Å². The lowest BCUT2D eigenvalue weighted by molar-refractivity contribution is 0.640. The Bertz CT molecular complexity index is 468. The molecule has 0 heterocycles. The molecule has 0 unspecified atom stereocenters. The largest absolute Gasteiger partial charge is 0.398 e. The number of nitrogen functional groups attached to an aromatic ring is 1. The number of anilines is 1. The fourth-order valence-corrected chi connectivity index (χ4v) is 1.49. The van der Waals surface area contributed by atoms with Crippen LogP contribution in [0.3, 0.4) is 0 Å². The standard InChI is InChI=1S/C10H7ClFN/c11-7-5-4-6-2-1-3-8(13)9(6)10(7)12/h1-5H,13H2. The maximum atomic E-state index is 13.4. The fourth-order valence-electron chi connectivity index (χ4n) is 1.34. The second kappa shape index (κ2) is 2.89. The van der Waals surface area contributed by atoms with Crippen LogP contribution in [0.25, 0.3) is 10.8 Å². The average Bonchev–Trinajstić information content (AvgIpc) is 2.12. The van der Waals surface area contributed by atoms with E-state index in [2.05, 4.69) is 0 Å². The van der Waals surface area contributed by atoms with Gasteiger partial charge in [0.05, 0.1) is 5.02 Å². The van der Waals surface area contributed by atoms with Crippen molar-refractivity contribution in [3.63, 3.8) is 0 Å². The summed E-state index contributed by atoms with van der Waals surface area (Å²) < 4.78 is 13.4. The van der Waals surface area contributed by atoms with Gasteiger partial charge in [-0.3, -0.25) is 0 Å². The highest BCUT2D eigenvalue weighted by atomic mass is 35.5. The van der Waals surface area contributed by atoms with Crippen molar-refractivity contribution in [1.29, 1.82) is 0 Å². The molecule has 2 aromatic rings. The molecule has 0 saturated heterocycles. The summed E-state index contributed by atoms with van der Waals surface area (Å²) in [4.78, 5) is 0. The third-order valence-electron chi connectivity index (χ3n) is 1.97. The molecule has 0 saturated carbocycles. The van der Waals surface area contributed by atoms with Gasteiger partial charge in [0, 0.05) is 11.1 Å². The summed E-state index contributed by atoms with van der Waals surface area (Å²) in [6, 6.07) is 8.51. The van der Waals surface area contributed by atoms with Gasteiger partial charge in [-0.1, -0.05) is 29.8 Å². The molecule has 0 spiro atoms. The Morgan fingerprint density at radius 2 is 1.92 bits per heavy atom. The van der Waals surface area contributed by atoms with E-state index in [1.54, 1.807) is 24.3 Å². The number of nitrogens with two attached hydrogens (primary N) is 1. The molecule has 2 aromatic carbocycles. The smallest absolute Gasteiger partial charge is 0.151 e. The number of hydrogen-bond donors (Lipinski definition) is 1. The van der Waals surface area contributed by atoms with Gasteiger partial charge in [0.25, 0.3) is 0 Å². The second-order valence-electron chi connectivity index (χ2n) is 2.81. The second-order valence-corrected chi connectivity index (χ2v) is 3.21. The molecule has 1 nitrogen and oxygen atoms in total. The van der Waals surface area contributed by atoms with Crippen molar-refractivity contribution in [2.75, 3.05) is 5.73 Å². The maximum absolute atomic E-state index is 13.4. The van der Waals surface area contributed by atoms with Gasteiger partial charge in [0.2, 0.25) is 0 Å². The summed E-state index contributed by atoms with van der Waals surface area (Å²) in [5.74, 6) is -0.447. The van der Waals surface area contributed by atoms with E-state index >= 15 is 0 Å². The summed E-state index contributed by atoms with van der Waals surface area (Å²) in [6.45, 7) is 0. The highest BCUT2D eigenvalue weighted by Gasteiger charge is 2.07. The summed E-state index contributed by atoms with van der Waals surface area (Å²) in [5.41, 5.74) is 6.04. The van der Waals surface area contributed by atoms with Crippen molar-refractivity contribution in [3.8, 4) is 0 Å². The number of halogens is 2. The lowest BCUT2D eigenvalue weighted by atomic mass is 10.1. The highest BCUT2D eigenvalue weighted by Crippen LogP contribution is 2.28. The summed E-state index contributed by atoms with van der Waals surface area (Å²) in [7, 11) is 0. The Kier molecular flexibility index (Phi) is 1.85. The molecule has 3 heteroatoms. The van der Waals surface area contributed by atoms with Gasteiger partial charge < -0.3 is 5.73 Å². The molecule has 0 bridgehead atoms. The topological polar surface area (TPSA) is 26.0 Å². The zero-order chi connectivity index (χ0) is 9.42.